The van der Waals surface area contributed by atoms with E-state index in [2.05, 4.69) is 23.3 Å². The number of hydrogen-bond acceptors (Lipinski definition) is 5. The molecule has 4 nitrogen and oxygen atoms in total. The van der Waals surface area contributed by atoms with E-state index in [-0.39, 0.29) is 6.10 Å². The SMILES string of the molecule is CCCNC1CC(c2cncs2)Oc2cc(OC)ccc21. The van der Waals surface area contributed by atoms with Gasteiger partial charge in [-0.1, -0.05) is 13.0 Å². The molecule has 1 aromatic carbocycles. The van der Waals surface area contributed by atoms with Gasteiger partial charge >= 0.3 is 0 Å². The Bertz CT molecular complexity index is 586. The third kappa shape index (κ3) is 3.04. The number of rotatable bonds is 5. The van der Waals surface area contributed by atoms with Gasteiger partial charge in [-0.05, 0) is 19.0 Å². The fraction of sp³-hybridized carbons (Fsp3) is 0.438. The lowest BCUT2D eigenvalue weighted by Gasteiger charge is -2.32. The Kier molecular flexibility index (Phi) is 4.41. The van der Waals surface area contributed by atoms with Crippen LogP contribution >= 0.6 is 11.3 Å². The summed E-state index contributed by atoms with van der Waals surface area (Å²) in [6.45, 7) is 3.19. The standard InChI is InChI=1S/C16H20N2O2S/c1-3-6-18-13-8-15(16-9-17-10-21-16)20-14-7-11(19-2)4-5-12(13)14/h4-5,7,9-10,13,15,18H,3,6,8H2,1-2H3. The van der Waals surface area contributed by atoms with Crippen LogP contribution in [-0.2, 0) is 0 Å². The average Bonchev–Trinajstić information content (AvgIpc) is 3.06. The van der Waals surface area contributed by atoms with Gasteiger partial charge in [-0.3, -0.25) is 4.98 Å². The van der Waals surface area contributed by atoms with Crippen molar-refractivity contribution in [3.63, 3.8) is 0 Å². The molecule has 5 heteroatoms. The van der Waals surface area contributed by atoms with E-state index in [0.29, 0.717) is 6.04 Å². The summed E-state index contributed by atoms with van der Waals surface area (Å²) in [7, 11) is 1.68. The van der Waals surface area contributed by atoms with Crippen molar-refractivity contribution in [3.8, 4) is 11.5 Å². The Morgan fingerprint density at radius 2 is 2.38 bits per heavy atom. The third-order valence-corrected chi connectivity index (χ3v) is 4.59. The van der Waals surface area contributed by atoms with Crippen LogP contribution in [0.25, 0.3) is 0 Å². The summed E-state index contributed by atoms with van der Waals surface area (Å²) >= 11 is 1.64. The first kappa shape index (κ1) is 14.4. The first-order valence-electron chi connectivity index (χ1n) is 7.28. The van der Waals surface area contributed by atoms with Gasteiger partial charge in [0.2, 0.25) is 0 Å². The van der Waals surface area contributed by atoms with E-state index in [9.17, 15) is 0 Å². The van der Waals surface area contributed by atoms with Gasteiger partial charge in [-0.25, -0.2) is 0 Å². The number of benzene rings is 1. The minimum absolute atomic E-state index is 0.0615. The molecule has 1 aliphatic rings. The van der Waals surface area contributed by atoms with Crippen LogP contribution in [0.1, 0.15) is 42.4 Å². The first-order valence-corrected chi connectivity index (χ1v) is 8.16. The molecule has 3 rings (SSSR count). The van der Waals surface area contributed by atoms with Crippen LogP contribution in [-0.4, -0.2) is 18.6 Å². The van der Waals surface area contributed by atoms with Gasteiger partial charge in [0.25, 0.3) is 0 Å². The van der Waals surface area contributed by atoms with Crippen LogP contribution in [0, 0.1) is 0 Å². The molecule has 21 heavy (non-hydrogen) atoms. The van der Waals surface area contributed by atoms with Gasteiger partial charge in [0.05, 0.1) is 17.5 Å². The second-order valence-corrected chi connectivity index (χ2v) is 6.07. The lowest BCUT2D eigenvalue weighted by Crippen LogP contribution is -2.29. The molecule has 0 aliphatic carbocycles. The van der Waals surface area contributed by atoms with Crippen molar-refractivity contribution >= 4 is 11.3 Å². The highest BCUT2D eigenvalue weighted by atomic mass is 32.1. The molecule has 2 heterocycles. The maximum Gasteiger partial charge on any atom is 0.136 e. The van der Waals surface area contributed by atoms with Gasteiger partial charge in [0, 0.05) is 30.3 Å². The predicted molar refractivity (Wildman–Crippen MR) is 84.1 cm³/mol. The van der Waals surface area contributed by atoms with Crippen LogP contribution in [0.4, 0.5) is 0 Å². The number of fused-ring (bicyclic) bond motifs is 1. The fourth-order valence-electron chi connectivity index (χ4n) is 2.64. The summed E-state index contributed by atoms with van der Waals surface area (Å²) in [5, 5.41) is 3.62. The number of aromatic nitrogens is 1. The van der Waals surface area contributed by atoms with Crippen LogP contribution < -0.4 is 14.8 Å². The van der Waals surface area contributed by atoms with E-state index in [4.69, 9.17) is 9.47 Å². The van der Waals surface area contributed by atoms with Crippen molar-refractivity contribution in [3.05, 3.63) is 40.3 Å². The summed E-state index contributed by atoms with van der Waals surface area (Å²) in [4.78, 5) is 5.34. The fourth-order valence-corrected chi connectivity index (χ4v) is 3.31. The van der Waals surface area contributed by atoms with E-state index in [1.165, 1.54) is 10.4 Å². The molecule has 0 spiro atoms. The van der Waals surface area contributed by atoms with Crippen molar-refractivity contribution in [2.75, 3.05) is 13.7 Å². The van der Waals surface area contributed by atoms with Crippen molar-refractivity contribution in [1.29, 1.82) is 0 Å². The molecule has 1 aliphatic heterocycles. The summed E-state index contributed by atoms with van der Waals surface area (Å²) < 4.78 is 11.5. The zero-order chi connectivity index (χ0) is 14.7. The van der Waals surface area contributed by atoms with Crippen molar-refractivity contribution < 1.29 is 9.47 Å². The van der Waals surface area contributed by atoms with Crippen molar-refractivity contribution in [2.45, 2.75) is 31.9 Å². The molecule has 2 unspecified atom stereocenters. The minimum atomic E-state index is 0.0615. The van der Waals surface area contributed by atoms with E-state index < -0.39 is 0 Å². The Labute approximate surface area is 129 Å². The smallest absolute Gasteiger partial charge is 0.136 e. The Morgan fingerprint density at radius 3 is 3.10 bits per heavy atom. The number of nitrogens with zero attached hydrogens (tertiary/aromatic N) is 1. The van der Waals surface area contributed by atoms with Crippen molar-refractivity contribution in [2.24, 2.45) is 0 Å². The Morgan fingerprint density at radius 1 is 1.48 bits per heavy atom. The molecule has 0 fully saturated rings. The largest absolute Gasteiger partial charge is 0.497 e. The summed E-state index contributed by atoms with van der Waals surface area (Å²) in [5.41, 5.74) is 3.07. The molecule has 0 radical (unpaired) electrons. The highest BCUT2D eigenvalue weighted by molar-refractivity contribution is 7.09. The minimum Gasteiger partial charge on any atom is -0.497 e. The quantitative estimate of drug-likeness (QED) is 0.914. The normalized spacial score (nSPS) is 20.7. The maximum absolute atomic E-state index is 6.18. The van der Waals surface area contributed by atoms with Gasteiger partial charge in [0.1, 0.15) is 17.6 Å². The second kappa shape index (κ2) is 6.45. The van der Waals surface area contributed by atoms with Gasteiger partial charge in [0.15, 0.2) is 0 Å². The van der Waals surface area contributed by atoms with Crippen LogP contribution in [0.5, 0.6) is 11.5 Å². The maximum atomic E-state index is 6.18. The summed E-state index contributed by atoms with van der Waals surface area (Å²) in [5.74, 6) is 1.74. The molecule has 2 atom stereocenters. The highest BCUT2D eigenvalue weighted by Crippen LogP contribution is 2.43. The second-order valence-electron chi connectivity index (χ2n) is 5.16. The monoisotopic (exact) mass is 304 g/mol. The topological polar surface area (TPSA) is 43.4 Å². The molecule has 0 saturated carbocycles. The first-order chi connectivity index (χ1) is 10.3. The molecular weight excluding hydrogens is 284 g/mol. The number of methoxy groups -OCH3 is 1. The number of hydrogen-bond donors (Lipinski definition) is 1. The zero-order valence-corrected chi connectivity index (χ0v) is 13.2. The average molecular weight is 304 g/mol. The highest BCUT2D eigenvalue weighted by Gasteiger charge is 2.30. The van der Waals surface area contributed by atoms with E-state index in [1.807, 2.05) is 23.8 Å². The van der Waals surface area contributed by atoms with Gasteiger partial charge in [-0.2, -0.15) is 0 Å². The van der Waals surface area contributed by atoms with Gasteiger partial charge in [-0.15, -0.1) is 11.3 Å². The van der Waals surface area contributed by atoms with Gasteiger partial charge < -0.3 is 14.8 Å². The lowest BCUT2D eigenvalue weighted by atomic mass is 9.95. The molecule has 0 bridgehead atoms. The zero-order valence-electron chi connectivity index (χ0n) is 12.3. The number of ether oxygens (including phenoxy) is 2. The summed E-state index contributed by atoms with van der Waals surface area (Å²) in [6, 6.07) is 6.38. The van der Waals surface area contributed by atoms with Crippen LogP contribution in [0.15, 0.2) is 29.9 Å². The number of thiazole rings is 1. The Hall–Kier alpha value is -1.59. The van der Waals surface area contributed by atoms with E-state index in [0.717, 1.165) is 30.9 Å². The molecule has 112 valence electrons. The molecular formula is C16H20N2O2S. The molecule has 1 aromatic heterocycles. The molecule has 1 N–H and O–H groups in total. The Balaban J connectivity index is 1.91. The van der Waals surface area contributed by atoms with Crippen LogP contribution in [0.2, 0.25) is 0 Å². The van der Waals surface area contributed by atoms with E-state index >= 15 is 0 Å². The summed E-state index contributed by atoms with van der Waals surface area (Å²) in [6.07, 6.45) is 4.01. The molecule has 0 saturated heterocycles. The predicted octanol–water partition coefficient (Wildman–Crippen LogP) is 3.72. The molecule has 2 aromatic rings. The van der Waals surface area contributed by atoms with Crippen molar-refractivity contribution in [1.82, 2.24) is 10.3 Å². The number of nitrogens with one attached hydrogen (secondary N) is 1. The van der Waals surface area contributed by atoms with E-state index in [1.54, 1.807) is 18.4 Å². The van der Waals surface area contributed by atoms with Crippen LogP contribution in [0.3, 0.4) is 0 Å². The third-order valence-electron chi connectivity index (χ3n) is 3.72. The lowest BCUT2D eigenvalue weighted by molar-refractivity contribution is 0.154. The molecule has 0 amide bonds.